The number of hydrogen-bond acceptors (Lipinski definition) is 8. The van der Waals surface area contributed by atoms with E-state index in [2.05, 4.69) is 39.3 Å². The number of anilines is 1. The highest BCUT2D eigenvalue weighted by Crippen LogP contribution is 2.28. The second-order valence-electron chi connectivity index (χ2n) is 9.32. The number of H-pyrrole nitrogens is 1. The van der Waals surface area contributed by atoms with Crippen molar-refractivity contribution in [2.24, 2.45) is 18.9 Å². The van der Waals surface area contributed by atoms with Crippen molar-refractivity contribution >= 4 is 28.9 Å². The summed E-state index contributed by atoms with van der Waals surface area (Å²) in [4.78, 5) is 34.5. The fourth-order valence-corrected chi connectivity index (χ4v) is 5.70. The van der Waals surface area contributed by atoms with E-state index in [9.17, 15) is 9.59 Å². The molecule has 11 nitrogen and oxygen atoms in total. The van der Waals surface area contributed by atoms with Crippen molar-refractivity contribution in [3.05, 3.63) is 51.2 Å². The van der Waals surface area contributed by atoms with E-state index in [4.69, 9.17) is 4.98 Å². The lowest BCUT2D eigenvalue weighted by Crippen LogP contribution is -2.40. The van der Waals surface area contributed by atoms with Crippen molar-refractivity contribution in [1.29, 1.82) is 0 Å². The zero-order valence-corrected chi connectivity index (χ0v) is 20.9. The lowest BCUT2D eigenvalue weighted by molar-refractivity contribution is 0.351. The van der Waals surface area contributed by atoms with Gasteiger partial charge in [-0.1, -0.05) is 43.8 Å². The molecule has 0 saturated carbocycles. The molecule has 0 bridgehead atoms. The first-order chi connectivity index (χ1) is 16.9. The molecule has 1 fully saturated rings. The lowest BCUT2D eigenvalue weighted by Gasteiger charge is -2.35. The van der Waals surface area contributed by atoms with Gasteiger partial charge in [0.1, 0.15) is 0 Å². The Morgan fingerprint density at radius 1 is 1.11 bits per heavy atom. The maximum Gasteiger partial charge on any atom is 0.329 e. The zero-order valence-electron chi connectivity index (χ0n) is 20.1. The summed E-state index contributed by atoms with van der Waals surface area (Å²) >= 11 is 1.57. The third-order valence-electron chi connectivity index (χ3n) is 6.34. The molecule has 5 rings (SSSR count). The molecule has 12 heteroatoms. The molecule has 0 spiro atoms. The number of aromatic amines is 1. The van der Waals surface area contributed by atoms with Crippen LogP contribution in [-0.2, 0) is 13.6 Å². The molecule has 3 aromatic heterocycles. The number of imidazole rings is 1. The van der Waals surface area contributed by atoms with Crippen molar-refractivity contribution < 1.29 is 0 Å². The van der Waals surface area contributed by atoms with Crippen LogP contribution in [0.3, 0.4) is 0 Å². The standard InChI is InChI=1S/C23H29N9O2S/c1-15-12-16(2)14-30(13-15)21-24-19-18(20(33)25-22(34)29(19)3)31(21)10-7-11-35-23-26-27-28-32(23)17-8-5-4-6-9-17/h4-6,8-9,15-16H,7,10-14H2,1-3H3,(H,25,33,34)/t15-,16-/m1/s1. The number of thioether (sulfide) groups is 1. The summed E-state index contributed by atoms with van der Waals surface area (Å²) < 4.78 is 5.11. The molecule has 1 aromatic carbocycles. The van der Waals surface area contributed by atoms with Gasteiger partial charge in [0.05, 0.1) is 5.69 Å². The summed E-state index contributed by atoms with van der Waals surface area (Å²) in [6.07, 6.45) is 1.94. The first-order valence-corrected chi connectivity index (χ1v) is 12.8. The molecular weight excluding hydrogens is 466 g/mol. The molecule has 184 valence electrons. The highest BCUT2D eigenvalue weighted by Gasteiger charge is 2.27. The molecule has 35 heavy (non-hydrogen) atoms. The van der Waals surface area contributed by atoms with Gasteiger partial charge in [-0.3, -0.25) is 14.3 Å². The third-order valence-corrected chi connectivity index (χ3v) is 7.34. The molecule has 0 radical (unpaired) electrons. The Hall–Kier alpha value is -3.41. The highest BCUT2D eigenvalue weighted by molar-refractivity contribution is 7.99. The summed E-state index contributed by atoms with van der Waals surface area (Å²) in [7, 11) is 1.64. The first-order valence-electron chi connectivity index (χ1n) is 11.8. The van der Waals surface area contributed by atoms with Gasteiger partial charge in [0.15, 0.2) is 11.2 Å². The first kappa shape index (κ1) is 23.3. The van der Waals surface area contributed by atoms with E-state index >= 15 is 0 Å². The van der Waals surface area contributed by atoms with Gasteiger partial charge in [-0.2, -0.15) is 9.67 Å². The van der Waals surface area contributed by atoms with Gasteiger partial charge in [-0.15, -0.1) is 5.10 Å². The van der Waals surface area contributed by atoms with E-state index in [1.54, 1.807) is 23.5 Å². The number of fused-ring (bicyclic) bond motifs is 1. The van der Waals surface area contributed by atoms with Crippen molar-refractivity contribution in [3.8, 4) is 5.69 Å². The van der Waals surface area contributed by atoms with Gasteiger partial charge in [-0.05, 0) is 47.2 Å². The molecule has 0 amide bonds. The SMILES string of the molecule is C[C@@H]1C[C@@H](C)CN(c2nc3c(c(=O)[nH]c(=O)n3C)n2CCCSc2nnnn2-c2ccccc2)C1. The molecular formula is C23H29N9O2S. The van der Waals surface area contributed by atoms with Crippen LogP contribution in [0.1, 0.15) is 26.7 Å². The van der Waals surface area contributed by atoms with Crippen molar-refractivity contribution in [2.75, 3.05) is 23.7 Å². The van der Waals surface area contributed by atoms with E-state index < -0.39 is 11.2 Å². The van der Waals surface area contributed by atoms with Crippen LogP contribution in [0.2, 0.25) is 0 Å². The maximum atomic E-state index is 12.8. The molecule has 0 aliphatic carbocycles. The van der Waals surface area contributed by atoms with Gasteiger partial charge in [0.25, 0.3) is 5.56 Å². The predicted octanol–water partition coefficient (Wildman–Crippen LogP) is 2.06. The number of nitrogens with one attached hydrogen (secondary N) is 1. The van der Waals surface area contributed by atoms with Crippen molar-refractivity contribution in [2.45, 2.75) is 38.4 Å². The van der Waals surface area contributed by atoms with E-state index in [1.165, 1.54) is 11.0 Å². The number of hydrogen-bond donors (Lipinski definition) is 1. The fraction of sp³-hybridized carbons (Fsp3) is 0.478. The number of para-hydroxylation sites is 1. The van der Waals surface area contributed by atoms with Crippen LogP contribution in [-0.4, -0.2) is 58.2 Å². The molecule has 0 unspecified atom stereocenters. The molecule has 1 aliphatic rings. The minimum absolute atomic E-state index is 0.402. The van der Waals surface area contributed by atoms with Gasteiger partial charge in [0, 0.05) is 32.4 Å². The molecule has 1 N–H and O–H groups in total. The van der Waals surface area contributed by atoms with E-state index in [0.29, 0.717) is 34.7 Å². The van der Waals surface area contributed by atoms with Gasteiger partial charge in [0.2, 0.25) is 11.1 Å². The lowest BCUT2D eigenvalue weighted by atomic mass is 9.92. The quantitative estimate of drug-likeness (QED) is 0.306. The summed E-state index contributed by atoms with van der Waals surface area (Å²) in [5.41, 5.74) is 0.902. The maximum absolute atomic E-state index is 12.8. The summed E-state index contributed by atoms with van der Waals surface area (Å²) in [5, 5.41) is 12.8. The normalized spacial score (nSPS) is 18.4. The van der Waals surface area contributed by atoms with E-state index in [1.807, 2.05) is 34.9 Å². The highest BCUT2D eigenvalue weighted by atomic mass is 32.2. The average molecular weight is 496 g/mol. The molecule has 1 saturated heterocycles. The van der Waals surface area contributed by atoms with Crippen molar-refractivity contribution in [3.63, 3.8) is 0 Å². The molecule has 4 heterocycles. The Morgan fingerprint density at radius 3 is 2.60 bits per heavy atom. The van der Waals surface area contributed by atoms with Crippen LogP contribution >= 0.6 is 11.8 Å². The monoisotopic (exact) mass is 495 g/mol. The number of nitrogens with zero attached hydrogens (tertiary/aromatic N) is 8. The van der Waals surface area contributed by atoms with Crippen LogP contribution in [0, 0.1) is 11.8 Å². The fourth-order valence-electron chi connectivity index (χ4n) is 4.89. The van der Waals surface area contributed by atoms with Crippen LogP contribution in [0.4, 0.5) is 5.95 Å². The molecule has 4 aromatic rings. The topological polar surface area (TPSA) is 120 Å². The van der Waals surface area contributed by atoms with E-state index in [0.717, 1.165) is 36.9 Å². The van der Waals surface area contributed by atoms with Crippen LogP contribution in [0.25, 0.3) is 16.9 Å². The smallest absolute Gasteiger partial charge is 0.329 e. The second kappa shape index (κ2) is 9.68. The summed E-state index contributed by atoms with van der Waals surface area (Å²) in [5.74, 6) is 2.57. The summed E-state index contributed by atoms with van der Waals surface area (Å²) in [6, 6.07) is 9.77. The number of aryl methyl sites for hydroxylation is 2. The number of tetrazole rings is 1. The Kier molecular flexibility index (Phi) is 6.46. The Morgan fingerprint density at radius 2 is 1.86 bits per heavy atom. The minimum Gasteiger partial charge on any atom is -0.342 e. The van der Waals surface area contributed by atoms with Crippen LogP contribution in [0.5, 0.6) is 0 Å². The third kappa shape index (κ3) is 4.62. The Bertz CT molecular complexity index is 1430. The number of rotatable bonds is 7. The van der Waals surface area contributed by atoms with Crippen LogP contribution in [0.15, 0.2) is 45.1 Å². The Labute approximate surface area is 206 Å². The largest absolute Gasteiger partial charge is 0.342 e. The van der Waals surface area contributed by atoms with Gasteiger partial charge in [-0.25, -0.2) is 4.79 Å². The molecule has 2 atom stereocenters. The molecule has 1 aliphatic heterocycles. The second-order valence-corrected chi connectivity index (χ2v) is 10.4. The number of piperidine rings is 1. The van der Waals surface area contributed by atoms with Crippen LogP contribution < -0.4 is 16.1 Å². The van der Waals surface area contributed by atoms with Gasteiger partial charge < -0.3 is 9.47 Å². The number of aromatic nitrogens is 8. The van der Waals surface area contributed by atoms with Gasteiger partial charge >= 0.3 is 5.69 Å². The Balaban J connectivity index is 1.40. The van der Waals surface area contributed by atoms with E-state index in [-0.39, 0.29) is 0 Å². The van der Waals surface area contributed by atoms with Crippen molar-refractivity contribution in [1.82, 2.24) is 39.3 Å². The minimum atomic E-state index is -0.456. The average Bonchev–Trinajstić information content (AvgIpc) is 3.45. The summed E-state index contributed by atoms with van der Waals surface area (Å²) in [6.45, 7) is 6.82. The zero-order chi connectivity index (χ0) is 24.5. The predicted molar refractivity (Wildman–Crippen MR) is 135 cm³/mol. The number of benzene rings is 1.